The predicted octanol–water partition coefficient (Wildman–Crippen LogP) is 2.37. The Morgan fingerprint density at radius 3 is 2.75 bits per heavy atom. The topological polar surface area (TPSA) is 0 Å². The van der Waals surface area contributed by atoms with Gasteiger partial charge in [0.15, 0.2) is 0 Å². The van der Waals surface area contributed by atoms with Gasteiger partial charge in [-0.2, -0.15) is 0 Å². The molecule has 0 spiro atoms. The van der Waals surface area contributed by atoms with Crippen molar-refractivity contribution in [2.24, 2.45) is 0 Å². The van der Waals surface area contributed by atoms with Crippen molar-refractivity contribution >= 4 is 24.2 Å². The maximum atomic E-state index is 12.3. The molecule has 8 heavy (non-hydrogen) atoms. The highest BCUT2D eigenvalue weighted by molar-refractivity contribution is 7.66. The molecule has 0 bridgehead atoms. The first-order chi connectivity index (χ1) is 3.80. The van der Waals surface area contributed by atoms with Gasteiger partial charge in [0.25, 0.3) is 0 Å². The van der Waals surface area contributed by atoms with E-state index >= 15 is 0 Å². The van der Waals surface area contributed by atoms with Gasteiger partial charge in [0.05, 0.1) is 4.62 Å². The molecule has 0 aliphatic rings. The van der Waals surface area contributed by atoms with Crippen LogP contribution in [0, 0.1) is 0 Å². The Balaban J connectivity index is 2.77. The lowest BCUT2D eigenvalue weighted by molar-refractivity contribution is 0.912. The van der Waals surface area contributed by atoms with Gasteiger partial charge in [0, 0.05) is 0 Å². The average Bonchev–Trinajstić information content (AvgIpc) is 2.12. The molecule has 0 aliphatic carbocycles. The minimum Gasteiger partial charge on any atom is -0.221 e. The van der Waals surface area contributed by atoms with E-state index in [1.54, 1.807) is 6.66 Å². The van der Waals surface area contributed by atoms with Crippen molar-refractivity contribution in [1.82, 2.24) is 0 Å². The lowest BCUT2D eigenvalue weighted by atomic mass is 10.7. The van der Waals surface area contributed by atoms with E-state index in [9.17, 15) is 4.20 Å². The van der Waals surface area contributed by atoms with Gasteiger partial charge < -0.3 is 0 Å². The quantitative estimate of drug-likeness (QED) is 0.536. The van der Waals surface area contributed by atoms with E-state index in [0.717, 1.165) is 4.62 Å². The van der Waals surface area contributed by atoms with Gasteiger partial charge in [0.2, 0.25) is 0 Å². The van der Waals surface area contributed by atoms with Gasteiger partial charge in [-0.15, -0.1) is 11.3 Å². The molecule has 3 heteroatoms. The van der Waals surface area contributed by atoms with Crippen molar-refractivity contribution in [2.45, 2.75) is 0 Å². The zero-order valence-corrected chi connectivity index (χ0v) is 6.18. The van der Waals surface area contributed by atoms with E-state index in [2.05, 4.69) is 0 Å². The molecule has 1 aromatic rings. The summed E-state index contributed by atoms with van der Waals surface area (Å²) >= 11 is 1.48. The fourth-order valence-electron chi connectivity index (χ4n) is 0.445. The summed E-state index contributed by atoms with van der Waals surface area (Å²) in [5, 5.41) is 1.90. The zero-order valence-electron chi connectivity index (χ0n) is 4.47. The van der Waals surface area contributed by atoms with Gasteiger partial charge in [0.1, 0.15) is 8.23 Å². The molecule has 1 rings (SSSR count). The molecule has 44 valence electrons. The molecule has 0 N–H and O–H groups in total. The molecule has 1 atom stereocenters. The fourth-order valence-corrected chi connectivity index (χ4v) is 1.95. The maximum Gasteiger partial charge on any atom is 0.120 e. The van der Waals surface area contributed by atoms with E-state index in [0.29, 0.717) is 0 Å². The molecule has 0 nitrogen and oxygen atoms in total. The van der Waals surface area contributed by atoms with E-state index in [1.807, 2.05) is 17.5 Å². The number of halogens is 1. The van der Waals surface area contributed by atoms with Crippen LogP contribution in [0.2, 0.25) is 0 Å². The molecular weight excluding hydrogens is 142 g/mol. The van der Waals surface area contributed by atoms with E-state index in [-0.39, 0.29) is 0 Å². The van der Waals surface area contributed by atoms with E-state index in [4.69, 9.17) is 0 Å². The third-order valence-electron chi connectivity index (χ3n) is 0.810. The number of rotatable bonds is 1. The first-order valence-corrected chi connectivity index (χ1v) is 4.79. The van der Waals surface area contributed by atoms with Gasteiger partial charge in [-0.3, -0.25) is 0 Å². The second-order valence-corrected chi connectivity index (χ2v) is 4.11. The Morgan fingerprint density at radius 2 is 2.50 bits per heavy atom. The van der Waals surface area contributed by atoms with E-state index < -0.39 is 8.23 Å². The minimum atomic E-state index is -1.34. The third kappa shape index (κ3) is 1.27. The summed E-state index contributed by atoms with van der Waals surface area (Å²) in [5.74, 6) is 0. The van der Waals surface area contributed by atoms with Crippen molar-refractivity contribution < 1.29 is 4.20 Å². The highest BCUT2D eigenvalue weighted by atomic mass is 32.1. The Bertz CT molecular complexity index is 147. The van der Waals surface area contributed by atoms with Crippen LogP contribution in [0.1, 0.15) is 0 Å². The molecule has 0 aliphatic heterocycles. The molecular formula is C5H6FPS. The highest BCUT2D eigenvalue weighted by Crippen LogP contribution is 2.32. The van der Waals surface area contributed by atoms with Crippen molar-refractivity contribution in [1.29, 1.82) is 0 Å². The molecule has 0 radical (unpaired) electrons. The molecule has 0 amide bonds. The molecule has 1 aromatic heterocycles. The largest absolute Gasteiger partial charge is 0.221 e. The summed E-state index contributed by atoms with van der Waals surface area (Å²) in [4.78, 5) is 0. The molecule has 1 heterocycles. The van der Waals surface area contributed by atoms with Gasteiger partial charge in [-0.1, -0.05) is 6.07 Å². The summed E-state index contributed by atoms with van der Waals surface area (Å²) in [6.07, 6.45) is 0. The molecule has 0 aromatic carbocycles. The summed E-state index contributed by atoms with van der Waals surface area (Å²) in [5.41, 5.74) is 0. The monoisotopic (exact) mass is 148 g/mol. The predicted molar refractivity (Wildman–Crippen MR) is 37.9 cm³/mol. The normalized spacial score (nSPS) is 13.8. The highest BCUT2D eigenvalue weighted by Gasteiger charge is 2.00. The molecule has 0 fully saturated rings. The average molecular weight is 148 g/mol. The van der Waals surface area contributed by atoms with Crippen molar-refractivity contribution in [3.8, 4) is 0 Å². The summed E-state index contributed by atoms with van der Waals surface area (Å²) in [6, 6.07) is 3.70. The van der Waals surface area contributed by atoms with Gasteiger partial charge in [-0.25, -0.2) is 4.20 Å². The van der Waals surface area contributed by atoms with E-state index in [1.165, 1.54) is 11.3 Å². The van der Waals surface area contributed by atoms with Crippen LogP contribution in [-0.2, 0) is 0 Å². The molecule has 1 unspecified atom stereocenters. The Morgan fingerprint density at radius 1 is 1.75 bits per heavy atom. The van der Waals surface area contributed by atoms with Crippen LogP contribution in [0.4, 0.5) is 4.20 Å². The smallest absolute Gasteiger partial charge is 0.120 e. The van der Waals surface area contributed by atoms with Crippen LogP contribution in [0.3, 0.4) is 0 Å². The lowest BCUT2D eigenvalue weighted by Crippen LogP contribution is -1.83. The third-order valence-corrected chi connectivity index (χ3v) is 3.31. The van der Waals surface area contributed by atoms with Crippen LogP contribution in [0.15, 0.2) is 17.5 Å². The van der Waals surface area contributed by atoms with Crippen LogP contribution < -0.4 is 4.62 Å². The first-order valence-electron chi connectivity index (χ1n) is 2.24. The van der Waals surface area contributed by atoms with Gasteiger partial charge >= 0.3 is 0 Å². The van der Waals surface area contributed by atoms with Crippen molar-refractivity contribution in [2.75, 3.05) is 6.66 Å². The number of thiophene rings is 1. The zero-order chi connectivity index (χ0) is 5.98. The summed E-state index contributed by atoms with van der Waals surface area (Å²) in [7, 11) is -1.34. The Kier molecular flexibility index (Phi) is 1.98. The Labute approximate surface area is 53.2 Å². The van der Waals surface area contributed by atoms with Crippen LogP contribution >= 0.6 is 19.6 Å². The number of hydrogen-bond donors (Lipinski definition) is 0. The van der Waals surface area contributed by atoms with Gasteiger partial charge in [-0.05, 0) is 18.1 Å². The lowest BCUT2D eigenvalue weighted by Gasteiger charge is -1.90. The van der Waals surface area contributed by atoms with Crippen LogP contribution in [-0.4, -0.2) is 6.66 Å². The first kappa shape index (κ1) is 6.18. The maximum absolute atomic E-state index is 12.3. The van der Waals surface area contributed by atoms with Crippen molar-refractivity contribution in [3.05, 3.63) is 17.5 Å². The number of hydrogen-bond acceptors (Lipinski definition) is 1. The standard InChI is InChI=1S/C5H6FPS/c1-7(6)5-3-2-4-8-5/h2-4H,1H3. The second kappa shape index (κ2) is 2.56. The molecule has 0 saturated carbocycles. The second-order valence-electron chi connectivity index (χ2n) is 1.43. The van der Waals surface area contributed by atoms with Crippen molar-refractivity contribution in [3.63, 3.8) is 0 Å². The minimum absolute atomic E-state index is 0.875. The molecule has 0 saturated heterocycles. The fraction of sp³-hybridized carbons (Fsp3) is 0.200. The Hall–Kier alpha value is 0.0600. The SMILES string of the molecule is CP(F)c1cccs1. The van der Waals surface area contributed by atoms with Crippen LogP contribution in [0.5, 0.6) is 0 Å². The summed E-state index contributed by atoms with van der Waals surface area (Å²) < 4.78 is 13.2. The van der Waals surface area contributed by atoms with Crippen LogP contribution in [0.25, 0.3) is 0 Å². The summed E-state index contributed by atoms with van der Waals surface area (Å²) in [6.45, 7) is 1.61.